The molecular formula is C34H43N5. The zero-order chi connectivity index (χ0) is 28.0. The van der Waals surface area contributed by atoms with Gasteiger partial charge in [0.05, 0.1) is 22.8 Å². The molecule has 0 spiro atoms. The fraction of sp³-hybridized carbons (Fsp3) is 0.412. The zero-order valence-electron chi connectivity index (χ0n) is 25.2. The van der Waals surface area contributed by atoms with E-state index in [-0.39, 0.29) is 0 Å². The van der Waals surface area contributed by atoms with Crippen molar-refractivity contribution in [1.82, 2.24) is 25.3 Å². The second kappa shape index (κ2) is 10.6. The highest BCUT2D eigenvalue weighted by Gasteiger charge is 2.25. The molecule has 3 aromatic heterocycles. The van der Waals surface area contributed by atoms with Gasteiger partial charge in [-0.05, 0) is 123 Å². The first-order valence-corrected chi connectivity index (χ1v) is 14.6. The fourth-order valence-electron chi connectivity index (χ4n) is 6.57. The highest BCUT2D eigenvalue weighted by Crippen LogP contribution is 2.39. The van der Waals surface area contributed by atoms with Crippen LogP contribution in [0.25, 0.3) is 44.4 Å². The highest BCUT2D eigenvalue weighted by molar-refractivity contribution is 5.97. The van der Waals surface area contributed by atoms with Gasteiger partial charge in [-0.2, -0.15) is 0 Å². The van der Waals surface area contributed by atoms with Crippen LogP contribution in [0.15, 0.2) is 18.2 Å². The quantitative estimate of drug-likeness (QED) is 0.305. The van der Waals surface area contributed by atoms with Crippen molar-refractivity contribution in [3.63, 3.8) is 0 Å². The molecule has 0 fully saturated rings. The Morgan fingerprint density at radius 1 is 0.590 bits per heavy atom. The Morgan fingerprint density at radius 2 is 1.13 bits per heavy atom. The van der Waals surface area contributed by atoms with Gasteiger partial charge in [-0.15, -0.1) is 0 Å². The fourth-order valence-corrected chi connectivity index (χ4v) is 6.57. The maximum Gasteiger partial charge on any atom is 0.0738 e. The number of nitrogens with one attached hydrogen (secondary N) is 3. The number of H-pyrrole nitrogens is 2. The molecule has 5 rings (SSSR count). The topological polar surface area (TPSA) is 69.4 Å². The van der Waals surface area contributed by atoms with E-state index in [0.29, 0.717) is 0 Å². The number of aromatic amines is 2. The lowest BCUT2D eigenvalue weighted by molar-refractivity contribution is 0.805. The first-order chi connectivity index (χ1) is 18.8. The molecule has 0 saturated heterocycles. The van der Waals surface area contributed by atoms with E-state index in [1.807, 2.05) is 7.05 Å². The van der Waals surface area contributed by atoms with E-state index in [9.17, 15) is 0 Å². The SMILES string of the molecule is CCC1=C(C)c2nc1cc1[nH]c(cc3[nH]c(cc4nc(c2CNC)C(CC)=C4C)c(CC)c3C)c(CC)c1C. The molecule has 3 N–H and O–H groups in total. The second-order valence-electron chi connectivity index (χ2n) is 10.9. The number of aryl methyl sites for hydroxylation is 4. The summed E-state index contributed by atoms with van der Waals surface area (Å²) in [6, 6.07) is 6.82. The molecule has 0 aromatic carbocycles. The number of hydrogen-bond acceptors (Lipinski definition) is 3. The Balaban J connectivity index is 2.05. The normalized spacial score (nSPS) is 13.7. The Morgan fingerprint density at radius 3 is 1.69 bits per heavy atom. The minimum Gasteiger partial charge on any atom is -0.355 e. The Kier molecular flexibility index (Phi) is 7.39. The van der Waals surface area contributed by atoms with Crippen molar-refractivity contribution in [3.05, 3.63) is 68.8 Å². The van der Waals surface area contributed by atoms with Gasteiger partial charge in [0.25, 0.3) is 0 Å². The van der Waals surface area contributed by atoms with Crippen LogP contribution < -0.4 is 5.32 Å². The smallest absolute Gasteiger partial charge is 0.0738 e. The number of fused-ring (bicyclic) bond motifs is 8. The molecule has 204 valence electrons. The average Bonchev–Trinajstić information content (AvgIpc) is 3.59. The minimum atomic E-state index is 0.718. The van der Waals surface area contributed by atoms with Crippen LogP contribution in [0.5, 0.6) is 0 Å². The number of rotatable bonds is 6. The summed E-state index contributed by atoms with van der Waals surface area (Å²) in [5, 5.41) is 3.42. The number of nitrogens with zero attached hydrogens (tertiary/aromatic N) is 2. The van der Waals surface area contributed by atoms with Gasteiger partial charge in [0.2, 0.25) is 0 Å². The third kappa shape index (κ3) is 4.37. The van der Waals surface area contributed by atoms with Crippen LogP contribution in [0, 0.1) is 13.8 Å². The van der Waals surface area contributed by atoms with Crippen molar-refractivity contribution >= 4 is 44.4 Å². The van der Waals surface area contributed by atoms with Crippen LogP contribution in [-0.4, -0.2) is 27.0 Å². The predicted molar refractivity (Wildman–Crippen MR) is 168 cm³/mol. The van der Waals surface area contributed by atoms with Crippen molar-refractivity contribution in [1.29, 1.82) is 0 Å². The standard InChI is InChI=1S/C34H43N5/c1-10-22-19(6)28-15-32-24(12-3)21(8)33(39-32)26(17-35-9)34-25(13-4)20(7)29(38-34)16-31-23(11-2)18(5)27(36-31)14-30(22)37-28/h14-16,35-37H,10-13,17H2,1-9H3. The van der Waals surface area contributed by atoms with Gasteiger partial charge < -0.3 is 15.3 Å². The predicted octanol–water partition coefficient (Wildman–Crippen LogP) is 8.46. The molecule has 39 heavy (non-hydrogen) atoms. The highest BCUT2D eigenvalue weighted by atomic mass is 14.9. The van der Waals surface area contributed by atoms with Gasteiger partial charge in [0.1, 0.15) is 0 Å². The molecule has 8 bridgehead atoms. The van der Waals surface area contributed by atoms with Gasteiger partial charge in [0.15, 0.2) is 0 Å². The van der Waals surface area contributed by atoms with Crippen molar-refractivity contribution in [2.24, 2.45) is 0 Å². The molecule has 3 aromatic rings. The van der Waals surface area contributed by atoms with Crippen LogP contribution in [-0.2, 0) is 19.4 Å². The van der Waals surface area contributed by atoms with Crippen LogP contribution in [0.2, 0.25) is 0 Å². The van der Waals surface area contributed by atoms with Crippen molar-refractivity contribution in [3.8, 4) is 0 Å². The van der Waals surface area contributed by atoms with E-state index < -0.39 is 0 Å². The summed E-state index contributed by atoms with van der Waals surface area (Å²) >= 11 is 0. The van der Waals surface area contributed by atoms with E-state index in [2.05, 4.69) is 88.9 Å². The molecule has 5 heterocycles. The van der Waals surface area contributed by atoms with Crippen LogP contribution in [0.4, 0.5) is 0 Å². The van der Waals surface area contributed by atoms with Gasteiger partial charge in [-0.25, -0.2) is 9.97 Å². The van der Waals surface area contributed by atoms with Crippen LogP contribution >= 0.6 is 0 Å². The van der Waals surface area contributed by atoms with Crippen molar-refractivity contribution in [2.45, 2.75) is 87.6 Å². The summed E-state index contributed by atoms with van der Waals surface area (Å²) in [6.07, 6.45) is 3.81. The number of aromatic nitrogens is 4. The molecule has 2 aliphatic heterocycles. The third-order valence-electron chi connectivity index (χ3n) is 8.80. The number of allylic oxidation sites excluding steroid dienone is 4. The lowest BCUT2D eigenvalue weighted by Crippen LogP contribution is -2.10. The van der Waals surface area contributed by atoms with E-state index in [0.717, 1.165) is 71.6 Å². The molecule has 5 nitrogen and oxygen atoms in total. The van der Waals surface area contributed by atoms with E-state index in [1.165, 1.54) is 55.6 Å². The second-order valence-corrected chi connectivity index (χ2v) is 10.9. The maximum atomic E-state index is 5.31. The molecule has 5 heteroatoms. The van der Waals surface area contributed by atoms with Gasteiger partial charge in [0, 0.05) is 34.2 Å². The van der Waals surface area contributed by atoms with Crippen molar-refractivity contribution < 1.29 is 0 Å². The maximum absolute atomic E-state index is 5.31. The summed E-state index contributed by atoms with van der Waals surface area (Å²) in [5.41, 5.74) is 20.5. The first kappa shape index (κ1) is 27.1. The summed E-state index contributed by atoms with van der Waals surface area (Å²) in [7, 11) is 2.01. The van der Waals surface area contributed by atoms with Gasteiger partial charge >= 0.3 is 0 Å². The minimum absolute atomic E-state index is 0.718. The van der Waals surface area contributed by atoms with Crippen LogP contribution in [0.3, 0.4) is 0 Å². The monoisotopic (exact) mass is 521 g/mol. The summed E-state index contributed by atoms with van der Waals surface area (Å²) in [5.74, 6) is 0. The van der Waals surface area contributed by atoms with Crippen LogP contribution in [0.1, 0.15) is 105 Å². The van der Waals surface area contributed by atoms with E-state index in [4.69, 9.17) is 9.97 Å². The summed E-state index contributed by atoms with van der Waals surface area (Å²) in [6.45, 7) is 18.6. The zero-order valence-corrected chi connectivity index (χ0v) is 25.2. The molecule has 0 amide bonds. The van der Waals surface area contributed by atoms with E-state index in [1.54, 1.807) is 0 Å². The van der Waals surface area contributed by atoms with Crippen molar-refractivity contribution in [2.75, 3.05) is 7.05 Å². The largest absolute Gasteiger partial charge is 0.355 e. The summed E-state index contributed by atoms with van der Waals surface area (Å²) < 4.78 is 0. The average molecular weight is 522 g/mol. The Bertz CT molecular complexity index is 1690. The molecule has 0 aliphatic carbocycles. The lowest BCUT2D eigenvalue weighted by atomic mass is 9.96. The molecule has 0 saturated carbocycles. The Labute approximate surface area is 232 Å². The van der Waals surface area contributed by atoms with Gasteiger partial charge in [-0.3, -0.25) is 0 Å². The molecule has 0 radical (unpaired) electrons. The number of hydrogen-bond donors (Lipinski definition) is 3. The molecule has 0 atom stereocenters. The van der Waals surface area contributed by atoms with E-state index >= 15 is 0 Å². The first-order valence-electron chi connectivity index (χ1n) is 14.6. The molecular weight excluding hydrogens is 478 g/mol. The van der Waals surface area contributed by atoms with Gasteiger partial charge in [-0.1, -0.05) is 27.7 Å². The molecule has 0 unspecified atom stereocenters. The third-order valence-corrected chi connectivity index (χ3v) is 8.80. The molecule has 2 aliphatic rings. The summed E-state index contributed by atoms with van der Waals surface area (Å²) in [4.78, 5) is 18.2. The Hall–Kier alpha value is -3.44. The lowest BCUT2D eigenvalue weighted by Gasteiger charge is -2.10.